The Bertz CT molecular complexity index is 643. The maximum absolute atomic E-state index is 5.77. The number of rotatable bonds is 3. The summed E-state index contributed by atoms with van der Waals surface area (Å²) in [7, 11) is 0. The molecule has 0 aliphatic heterocycles. The molecule has 4 nitrogen and oxygen atoms in total. The molecule has 4 heteroatoms. The molecule has 0 spiro atoms. The molecule has 0 aliphatic carbocycles. The summed E-state index contributed by atoms with van der Waals surface area (Å²) in [4.78, 5) is 0. The summed E-state index contributed by atoms with van der Waals surface area (Å²) in [5, 5.41) is 7.56. The van der Waals surface area contributed by atoms with E-state index in [4.69, 9.17) is 4.74 Å². The van der Waals surface area contributed by atoms with Crippen molar-refractivity contribution >= 4 is 0 Å². The summed E-state index contributed by atoms with van der Waals surface area (Å²) < 4.78 is 7.61. The molecule has 0 N–H and O–H groups in total. The summed E-state index contributed by atoms with van der Waals surface area (Å²) in [5.74, 6) is 1.64. The van der Waals surface area contributed by atoms with Crippen molar-refractivity contribution in [1.29, 1.82) is 0 Å². The highest BCUT2D eigenvalue weighted by Crippen LogP contribution is 2.22. The third-order valence-electron chi connectivity index (χ3n) is 2.81. The van der Waals surface area contributed by atoms with E-state index in [0.717, 1.165) is 17.2 Å². The highest BCUT2D eigenvalue weighted by molar-refractivity contribution is 5.39. The van der Waals surface area contributed by atoms with Crippen molar-refractivity contribution in [3.05, 3.63) is 66.7 Å². The number of hydrogen-bond acceptors (Lipinski definition) is 3. The largest absolute Gasteiger partial charge is 0.457 e. The molecule has 1 aromatic heterocycles. The minimum atomic E-state index is 0.806. The van der Waals surface area contributed by atoms with Crippen LogP contribution in [0.3, 0.4) is 0 Å². The van der Waals surface area contributed by atoms with Crippen molar-refractivity contribution in [3.63, 3.8) is 0 Å². The summed E-state index contributed by atoms with van der Waals surface area (Å²) in [6.45, 7) is 2.05. The molecule has 0 saturated heterocycles. The fraction of sp³-hybridized carbons (Fsp3) is 0.0667. The molecule has 0 radical (unpaired) electrons. The van der Waals surface area contributed by atoms with Crippen LogP contribution in [0.2, 0.25) is 0 Å². The van der Waals surface area contributed by atoms with E-state index in [9.17, 15) is 0 Å². The summed E-state index contributed by atoms with van der Waals surface area (Å²) >= 11 is 0. The van der Waals surface area contributed by atoms with Crippen molar-refractivity contribution < 1.29 is 4.74 Å². The zero-order chi connectivity index (χ0) is 13.1. The smallest absolute Gasteiger partial charge is 0.127 e. The van der Waals surface area contributed by atoms with Gasteiger partial charge in [-0.15, -0.1) is 10.2 Å². The molecule has 0 unspecified atom stereocenters. The lowest BCUT2D eigenvalue weighted by Crippen LogP contribution is -1.90. The monoisotopic (exact) mass is 251 g/mol. The van der Waals surface area contributed by atoms with Crippen LogP contribution in [0.5, 0.6) is 11.5 Å². The van der Waals surface area contributed by atoms with E-state index in [0.29, 0.717) is 0 Å². The van der Waals surface area contributed by atoms with Crippen LogP contribution < -0.4 is 4.74 Å². The average molecular weight is 251 g/mol. The van der Waals surface area contributed by atoms with Gasteiger partial charge in [0.2, 0.25) is 0 Å². The van der Waals surface area contributed by atoms with E-state index in [2.05, 4.69) is 17.1 Å². The van der Waals surface area contributed by atoms with E-state index in [1.807, 2.05) is 53.1 Å². The van der Waals surface area contributed by atoms with Gasteiger partial charge in [-0.2, -0.15) is 0 Å². The zero-order valence-corrected chi connectivity index (χ0v) is 10.5. The minimum absolute atomic E-state index is 0.806. The lowest BCUT2D eigenvalue weighted by atomic mass is 10.2. The third-order valence-corrected chi connectivity index (χ3v) is 2.81. The molecule has 1 heterocycles. The molecule has 0 aliphatic rings. The first-order valence-electron chi connectivity index (χ1n) is 6.01. The van der Waals surface area contributed by atoms with Crippen molar-refractivity contribution in [2.75, 3.05) is 0 Å². The Kier molecular flexibility index (Phi) is 2.98. The SMILES string of the molecule is Cc1ccc(Oc2ccc(-n3cnnc3)cc2)cc1. The number of aromatic nitrogens is 3. The molecule has 0 bridgehead atoms. The Morgan fingerprint density at radius 2 is 1.32 bits per heavy atom. The van der Waals surface area contributed by atoms with Crippen LogP contribution in [0, 0.1) is 6.92 Å². The predicted molar refractivity (Wildman–Crippen MR) is 72.6 cm³/mol. The van der Waals surface area contributed by atoms with Gasteiger partial charge in [-0.05, 0) is 43.3 Å². The van der Waals surface area contributed by atoms with Crippen molar-refractivity contribution in [1.82, 2.24) is 14.8 Å². The summed E-state index contributed by atoms with van der Waals surface area (Å²) in [6.07, 6.45) is 3.33. The molecule has 3 rings (SSSR count). The fourth-order valence-corrected chi connectivity index (χ4v) is 1.76. The van der Waals surface area contributed by atoms with Gasteiger partial charge in [-0.1, -0.05) is 17.7 Å². The van der Waals surface area contributed by atoms with Crippen LogP contribution in [-0.4, -0.2) is 14.8 Å². The molecular weight excluding hydrogens is 238 g/mol. The van der Waals surface area contributed by atoms with Crippen LogP contribution in [0.25, 0.3) is 5.69 Å². The van der Waals surface area contributed by atoms with E-state index in [1.54, 1.807) is 12.7 Å². The van der Waals surface area contributed by atoms with E-state index in [-0.39, 0.29) is 0 Å². The van der Waals surface area contributed by atoms with Gasteiger partial charge in [0.1, 0.15) is 24.2 Å². The van der Waals surface area contributed by atoms with Gasteiger partial charge in [0.25, 0.3) is 0 Å². The lowest BCUT2D eigenvalue weighted by Gasteiger charge is -2.07. The highest BCUT2D eigenvalue weighted by atomic mass is 16.5. The standard InChI is InChI=1S/C15H13N3O/c1-12-2-6-14(7-3-12)19-15-8-4-13(5-9-15)18-10-16-17-11-18/h2-11H,1H3. The van der Waals surface area contributed by atoms with E-state index in [1.165, 1.54) is 5.56 Å². The van der Waals surface area contributed by atoms with Gasteiger partial charge in [0, 0.05) is 5.69 Å². The zero-order valence-electron chi connectivity index (χ0n) is 10.5. The van der Waals surface area contributed by atoms with E-state index >= 15 is 0 Å². The van der Waals surface area contributed by atoms with E-state index < -0.39 is 0 Å². The van der Waals surface area contributed by atoms with Crippen LogP contribution in [-0.2, 0) is 0 Å². The second kappa shape index (κ2) is 4.94. The van der Waals surface area contributed by atoms with Crippen LogP contribution in [0.4, 0.5) is 0 Å². The van der Waals surface area contributed by atoms with Crippen LogP contribution in [0.1, 0.15) is 5.56 Å². The van der Waals surface area contributed by atoms with Crippen LogP contribution in [0.15, 0.2) is 61.2 Å². The topological polar surface area (TPSA) is 39.9 Å². The Labute approximate surface area is 111 Å². The third kappa shape index (κ3) is 2.63. The molecule has 2 aromatic carbocycles. The molecule has 0 saturated carbocycles. The quantitative estimate of drug-likeness (QED) is 0.716. The van der Waals surface area contributed by atoms with Gasteiger partial charge in [0.05, 0.1) is 0 Å². The first kappa shape index (κ1) is 11.5. The lowest BCUT2D eigenvalue weighted by molar-refractivity contribution is 0.482. The van der Waals surface area contributed by atoms with Crippen LogP contribution >= 0.6 is 0 Å². The summed E-state index contributed by atoms with van der Waals surface area (Å²) in [5.41, 5.74) is 2.22. The normalized spacial score (nSPS) is 10.4. The van der Waals surface area contributed by atoms with Gasteiger partial charge >= 0.3 is 0 Å². The number of aryl methyl sites for hydroxylation is 1. The Hall–Kier alpha value is -2.62. The molecule has 94 valence electrons. The number of hydrogen-bond donors (Lipinski definition) is 0. The fourth-order valence-electron chi connectivity index (χ4n) is 1.76. The number of nitrogens with zero attached hydrogens (tertiary/aromatic N) is 3. The summed E-state index contributed by atoms with van der Waals surface area (Å²) in [6, 6.07) is 15.8. The molecule has 19 heavy (non-hydrogen) atoms. The first-order valence-corrected chi connectivity index (χ1v) is 6.01. The second-order valence-corrected chi connectivity index (χ2v) is 4.28. The molecule has 0 amide bonds. The minimum Gasteiger partial charge on any atom is -0.457 e. The van der Waals surface area contributed by atoms with Crippen molar-refractivity contribution in [2.45, 2.75) is 6.92 Å². The molecule has 0 atom stereocenters. The molecule has 0 fully saturated rings. The molecular formula is C15H13N3O. The Morgan fingerprint density at radius 3 is 1.89 bits per heavy atom. The van der Waals surface area contributed by atoms with Crippen molar-refractivity contribution in [3.8, 4) is 17.2 Å². The average Bonchev–Trinajstić information content (AvgIpc) is 2.96. The predicted octanol–water partition coefficient (Wildman–Crippen LogP) is 3.37. The highest BCUT2D eigenvalue weighted by Gasteiger charge is 1.99. The first-order chi connectivity index (χ1) is 9.31. The Balaban J connectivity index is 1.77. The van der Waals surface area contributed by atoms with Gasteiger partial charge in [0.15, 0.2) is 0 Å². The number of ether oxygens (including phenoxy) is 1. The van der Waals surface area contributed by atoms with Gasteiger partial charge < -0.3 is 4.74 Å². The van der Waals surface area contributed by atoms with Gasteiger partial charge in [-0.25, -0.2) is 0 Å². The van der Waals surface area contributed by atoms with Crippen molar-refractivity contribution in [2.24, 2.45) is 0 Å². The Morgan fingerprint density at radius 1 is 0.789 bits per heavy atom. The molecule has 3 aromatic rings. The van der Waals surface area contributed by atoms with Gasteiger partial charge in [-0.3, -0.25) is 4.57 Å². The maximum atomic E-state index is 5.77. The second-order valence-electron chi connectivity index (χ2n) is 4.28. The number of benzene rings is 2. The maximum Gasteiger partial charge on any atom is 0.127 e.